The first-order valence-electron chi connectivity index (χ1n) is 8.22. The lowest BCUT2D eigenvalue weighted by Crippen LogP contribution is -2.20. The van der Waals surface area contributed by atoms with Gasteiger partial charge in [-0.15, -0.1) is 11.3 Å². The Balaban J connectivity index is 1.55. The summed E-state index contributed by atoms with van der Waals surface area (Å²) in [7, 11) is 0. The third-order valence-corrected chi connectivity index (χ3v) is 5.55. The van der Waals surface area contributed by atoms with Gasteiger partial charge in [-0.1, -0.05) is 41.4 Å². The lowest BCUT2D eigenvalue weighted by molar-refractivity contribution is 0.102. The first-order valence-corrected chi connectivity index (χ1v) is 9.80. The van der Waals surface area contributed by atoms with Crippen molar-refractivity contribution in [3.05, 3.63) is 91.2 Å². The van der Waals surface area contributed by atoms with E-state index in [0.717, 1.165) is 10.4 Å². The molecule has 1 amide bonds. The van der Waals surface area contributed by atoms with Gasteiger partial charge in [0.25, 0.3) is 5.91 Å². The third-order valence-electron chi connectivity index (χ3n) is 4.04. The maximum atomic E-state index is 12.5. The van der Waals surface area contributed by atoms with Crippen molar-refractivity contribution >= 4 is 56.5 Å². The smallest absolute Gasteiger partial charge is 0.349 e. The van der Waals surface area contributed by atoms with Crippen LogP contribution < -0.4 is 10.9 Å². The molecule has 28 heavy (non-hydrogen) atoms. The summed E-state index contributed by atoms with van der Waals surface area (Å²) in [5.41, 5.74) is 0.498. The zero-order valence-electron chi connectivity index (χ0n) is 14.2. The van der Waals surface area contributed by atoms with E-state index in [1.165, 1.54) is 17.4 Å². The molecule has 2 heterocycles. The van der Waals surface area contributed by atoms with E-state index in [0.29, 0.717) is 32.6 Å². The van der Waals surface area contributed by atoms with Crippen LogP contribution in [0.4, 0.5) is 5.13 Å². The highest BCUT2D eigenvalue weighted by molar-refractivity contribution is 7.15. The second-order valence-electron chi connectivity index (χ2n) is 5.98. The molecule has 0 bridgehead atoms. The van der Waals surface area contributed by atoms with E-state index in [1.807, 2.05) is 24.3 Å². The van der Waals surface area contributed by atoms with Gasteiger partial charge in [-0.05, 0) is 35.9 Å². The van der Waals surface area contributed by atoms with Gasteiger partial charge in [0.05, 0.1) is 0 Å². The molecule has 8 heteroatoms. The summed E-state index contributed by atoms with van der Waals surface area (Å²) in [5.74, 6) is -0.589. The Bertz CT molecular complexity index is 1250. The van der Waals surface area contributed by atoms with Crippen LogP contribution in [-0.4, -0.2) is 10.9 Å². The normalized spacial score (nSPS) is 10.9. The van der Waals surface area contributed by atoms with Crippen molar-refractivity contribution in [1.82, 2.24) is 4.98 Å². The highest BCUT2D eigenvalue weighted by Crippen LogP contribution is 2.25. The lowest BCUT2D eigenvalue weighted by atomic mass is 10.1. The number of carbonyl (C=O) groups is 1. The molecule has 0 aliphatic heterocycles. The van der Waals surface area contributed by atoms with Gasteiger partial charge in [-0.2, -0.15) is 0 Å². The number of hydrogen-bond donors (Lipinski definition) is 1. The largest absolute Gasteiger partial charge is 0.422 e. The Hall–Kier alpha value is -2.67. The second-order valence-corrected chi connectivity index (χ2v) is 7.94. The van der Waals surface area contributed by atoms with Crippen LogP contribution in [0.5, 0.6) is 0 Å². The Labute approximate surface area is 173 Å². The minimum atomic E-state index is -0.722. The number of carbonyl (C=O) groups excluding carboxylic acids is 1. The van der Waals surface area contributed by atoms with Crippen LogP contribution in [0.2, 0.25) is 10.0 Å². The number of aromatic nitrogens is 1. The summed E-state index contributed by atoms with van der Waals surface area (Å²) in [4.78, 5) is 29.8. The summed E-state index contributed by atoms with van der Waals surface area (Å²) in [6.07, 6.45) is 2.27. The quantitative estimate of drug-likeness (QED) is 0.439. The topological polar surface area (TPSA) is 72.2 Å². The monoisotopic (exact) mass is 430 g/mol. The minimum absolute atomic E-state index is 0.113. The molecule has 2 aromatic heterocycles. The van der Waals surface area contributed by atoms with Crippen LogP contribution in [0.1, 0.15) is 20.8 Å². The third kappa shape index (κ3) is 3.94. The molecule has 0 radical (unpaired) electrons. The standard InChI is InChI=1S/C20H12Cl2N2O3S/c21-13-5-6-17-12(7-13)9-15(19(26)27-17)18(25)24-20-23-10-14(28-20)8-11-3-1-2-4-16(11)22/h1-7,9-10H,8H2,(H,23,24,25). The fourth-order valence-electron chi connectivity index (χ4n) is 2.69. The van der Waals surface area contributed by atoms with Crippen LogP contribution in [0.25, 0.3) is 11.0 Å². The van der Waals surface area contributed by atoms with Crippen molar-refractivity contribution < 1.29 is 9.21 Å². The van der Waals surface area contributed by atoms with E-state index < -0.39 is 11.5 Å². The predicted molar refractivity (Wildman–Crippen MR) is 112 cm³/mol. The number of thiazole rings is 1. The van der Waals surface area contributed by atoms with Crippen molar-refractivity contribution in [2.24, 2.45) is 0 Å². The van der Waals surface area contributed by atoms with Crippen LogP contribution in [0, 0.1) is 0 Å². The van der Waals surface area contributed by atoms with Crippen LogP contribution in [0.3, 0.4) is 0 Å². The molecule has 4 rings (SSSR count). The highest BCUT2D eigenvalue weighted by Gasteiger charge is 2.16. The van der Waals surface area contributed by atoms with Gasteiger partial charge in [0, 0.05) is 32.9 Å². The Kier molecular flexibility index (Phi) is 5.17. The number of benzene rings is 2. The Morgan fingerprint density at radius 3 is 2.79 bits per heavy atom. The van der Waals surface area contributed by atoms with Crippen molar-refractivity contribution in [3.63, 3.8) is 0 Å². The number of nitrogens with one attached hydrogen (secondary N) is 1. The number of anilines is 1. The van der Waals surface area contributed by atoms with Gasteiger partial charge < -0.3 is 4.42 Å². The summed E-state index contributed by atoms with van der Waals surface area (Å²) < 4.78 is 5.20. The molecular formula is C20H12Cl2N2O3S. The molecule has 0 saturated carbocycles. The number of fused-ring (bicyclic) bond motifs is 1. The molecule has 0 spiro atoms. The fraction of sp³-hybridized carbons (Fsp3) is 0.0500. The van der Waals surface area contributed by atoms with Gasteiger partial charge in [0.2, 0.25) is 0 Å². The lowest BCUT2D eigenvalue weighted by Gasteiger charge is -2.03. The van der Waals surface area contributed by atoms with E-state index in [2.05, 4.69) is 10.3 Å². The number of halogens is 2. The van der Waals surface area contributed by atoms with E-state index >= 15 is 0 Å². The van der Waals surface area contributed by atoms with Gasteiger partial charge >= 0.3 is 5.63 Å². The summed E-state index contributed by atoms with van der Waals surface area (Å²) in [6, 6.07) is 13.8. The molecule has 140 valence electrons. The molecule has 0 aliphatic rings. The van der Waals surface area contributed by atoms with Crippen LogP contribution in [-0.2, 0) is 6.42 Å². The molecular weight excluding hydrogens is 419 g/mol. The number of nitrogens with zero attached hydrogens (tertiary/aromatic N) is 1. The average molecular weight is 431 g/mol. The molecule has 0 fully saturated rings. The molecule has 0 unspecified atom stereocenters. The zero-order chi connectivity index (χ0) is 19.7. The molecule has 0 aliphatic carbocycles. The van der Waals surface area contributed by atoms with Crippen LogP contribution >= 0.6 is 34.5 Å². The minimum Gasteiger partial charge on any atom is -0.422 e. The number of amides is 1. The van der Waals surface area contributed by atoms with Crippen molar-refractivity contribution in [2.45, 2.75) is 6.42 Å². The van der Waals surface area contributed by atoms with Gasteiger partial charge in [-0.3, -0.25) is 10.1 Å². The van der Waals surface area contributed by atoms with E-state index in [4.69, 9.17) is 27.6 Å². The maximum absolute atomic E-state index is 12.5. The molecule has 0 atom stereocenters. The summed E-state index contributed by atoms with van der Waals surface area (Å²) >= 11 is 13.5. The fourth-order valence-corrected chi connectivity index (χ4v) is 3.91. The molecule has 2 aromatic carbocycles. The Morgan fingerprint density at radius 1 is 1.14 bits per heavy atom. The first-order chi connectivity index (χ1) is 13.5. The highest BCUT2D eigenvalue weighted by atomic mass is 35.5. The van der Waals surface area contributed by atoms with Crippen molar-refractivity contribution in [2.75, 3.05) is 5.32 Å². The first kappa shape index (κ1) is 18.7. The van der Waals surface area contributed by atoms with Crippen molar-refractivity contribution in [3.8, 4) is 0 Å². The second kappa shape index (κ2) is 7.75. The zero-order valence-corrected chi connectivity index (χ0v) is 16.6. The van der Waals surface area contributed by atoms with Gasteiger partial charge in [0.15, 0.2) is 5.13 Å². The summed E-state index contributed by atoms with van der Waals surface area (Å²) in [5, 5.41) is 4.75. The molecule has 4 aromatic rings. The maximum Gasteiger partial charge on any atom is 0.349 e. The number of rotatable bonds is 4. The predicted octanol–water partition coefficient (Wildman–Crippen LogP) is 5.40. The molecule has 0 saturated heterocycles. The van der Waals surface area contributed by atoms with Crippen LogP contribution in [0.15, 0.2) is 63.9 Å². The van der Waals surface area contributed by atoms with E-state index in [1.54, 1.807) is 24.4 Å². The molecule has 5 nitrogen and oxygen atoms in total. The SMILES string of the molecule is O=C(Nc1ncc(Cc2ccccc2Cl)s1)c1cc2cc(Cl)ccc2oc1=O. The van der Waals surface area contributed by atoms with E-state index in [9.17, 15) is 9.59 Å². The van der Waals surface area contributed by atoms with Gasteiger partial charge in [-0.25, -0.2) is 9.78 Å². The van der Waals surface area contributed by atoms with Crippen molar-refractivity contribution in [1.29, 1.82) is 0 Å². The Morgan fingerprint density at radius 2 is 1.96 bits per heavy atom. The number of hydrogen-bond acceptors (Lipinski definition) is 5. The van der Waals surface area contributed by atoms with E-state index in [-0.39, 0.29) is 5.56 Å². The average Bonchev–Trinajstić information content (AvgIpc) is 3.10. The molecule has 1 N–H and O–H groups in total. The summed E-state index contributed by atoms with van der Waals surface area (Å²) in [6.45, 7) is 0. The van der Waals surface area contributed by atoms with Gasteiger partial charge in [0.1, 0.15) is 11.1 Å².